The lowest BCUT2D eigenvalue weighted by atomic mass is 10.0. The third-order valence-electron chi connectivity index (χ3n) is 3.46. The Morgan fingerprint density at radius 3 is 2.52 bits per heavy atom. The zero-order chi connectivity index (χ0) is 15.2. The van der Waals surface area contributed by atoms with Crippen LogP contribution in [0.4, 0.5) is 0 Å². The lowest BCUT2D eigenvalue weighted by Crippen LogP contribution is -2.23. The fourth-order valence-corrected chi connectivity index (χ4v) is 3.54. The van der Waals surface area contributed by atoms with Gasteiger partial charge in [0.1, 0.15) is 5.75 Å². The van der Waals surface area contributed by atoms with Crippen molar-refractivity contribution in [1.82, 2.24) is 5.32 Å². The number of hydrogen-bond acceptors (Lipinski definition) is 3. The van der Waals surface area contributed by atoms with E-state index in [0.717, 1.165) is 35.0 Å². The van der Waals surface area contributed by atoms with E-state index in [2.05, 4.69) is 37.4 Å². The van der Waals surface area contributed by atoms with Crippen molar-refractivity contribution in [3.8, 4) is 5.75 Å². The number of hydrogen-bond donors (Lipinski definition) is 1. The molecule has 0 bridgehead atoms. The molecule has 1 N–H and O–H groups in total. The first kappa shape index (κ1) is 16.3. The molecular formula is C17H22ClNOS. The highest BCUT2D eigenvalue weighted by atomic mass is 35.5. The van der Waals surface area contributed by atoms with E-state index in [4.69, 9.17) is 16.3 Å². The average Bonchev–Trinajstić information content (AvgIpc) is 2.83. The zero-order valence-electron chi connectivity index (χ0n) is 12.8. The monoisotopic (exact) mass is 323 g/mol. The van der Waals surface area contributed by atoms with Gasteiger partial charge in [-0.25, -0.2) is 0 Å². The molecule has 0 saturated heterocycles. The summed E-state index contributed by atoms with van der Waals surface area (Å²) < 4.78 is 6.10. The molecule has 0 amide bonds. The molecule has 0 aliphatic rings. The van der Waals surface area contributed by atoms with Crippen LogP contribution in [0.2, 0.25) is 4.34 Å². The van der Waals surface area contributed by atoms with Gasteiger partial charge in [0.15, 0.2) is 0 Å². The first-order chi connectivity index (χ1) is 10.1. The van der Waals surface area contributed by atoms with E-state index in [1.807, 2.05) is 12.1 Å². The number of methoxy groups -OCH3 is 1. The van der Waals surface area contributed by atoms with Gasteiger partial charge in [-0.2, -0.15) is 0 Å². The molecule has 2 rings (SSSR count). The van der Waals surface area contributed by atoms with Crippen molar-refractivity contribution < 1.29 is 4.74 Å². The number of thiophene rings is 1. The first-order valence-electron chi connectivity index (χ1n) is 7.26. The molecule has 0 radical (unpaired) electrons. The van der Waals surface area contributed by atoms with Crippen molar-refractivity contribution >= 4 is 22.9 Å². The van der Waals surface area contributed by atoms with Crippen molar-refractivity contribution in [1.29, 1.82) is 0 Å². The molecular weight excluding hydrogens is 302 g/mol. The SMILES string of the molecule is CCCNC(Cc1ccc(OC)cc1)c1cc(C)c(Cl)s1. The molecule has 4 heteroatoms. The summed E-state index contributed by atoms with van der Waals surface area (Å²) in [5, 5.41) is 3.62. The van der Waals surface area contributed by atoms with Gasteiger partial charge in [-0.15, -0.1) is 11.3 Å². The van der Waals surface area contributed by atoms with Crippen LogP contribution in [0.5, 0.6) is 5.75 Å². The number of rotatable bonds is 7. The minimum atomic E-state index is 0.314. The number of halogens is 1. The molecule has 0 aliphatic heterocycles. The first-order valence-corrected chi connectivity index (χ1v) is 8.45. The van der Waals surface area contributed by atoms with Gasteiger partial charge >= 0.3 is 0 Å². The second kappa shape index (κ2) is 7.83. The highest BCUT2D eigenvalue weighted by Crippen LogP contribution is 2.32. The van der Waals surface area contributed by atoms with Gasteiger partial charge in [-0.3, -0.25) is 0 Å². The lowest BCUT2D eigenvalue weighted by molar-refractivity contribution is 0.414. The number of ether oxygens (including phenoxy) is 1. The lowest BCUT2D eigenvalue weighted by Gasteiger charge is -2.17. The van der Waals surface area contributed by atoms with Gasteiger partial charge < -0.3 is 10.1 Å². The highest BCUT2D eigenvalue weighted by Gasteiger charge is 2.15. The molecule has 2 nitrogen and oxygen atoms in total. The van der Waals surface area contributed by atoms with E-state index in [9.17, 15) is 0 Å². The summed E-state index contributed by atoms with van der Waals surface area (Å²) in [5.74, 6) is 0.895. The molecule has 1 atom stereocenters. The molecule has 0 aliphatic carbocycles. The van der Waals surface area contributed by atoms with Crippen LogP contribution in [0.15, 0.2) is 30.3 Å². The molecule has 0 saturated carbocycles. The molecule has 1 aromatic heterocycles. The molecule has 114 valence electrons. The van der Waals surface area contributed by atoms with E-state index < -0.39 is 0 Å². The maximum absolute atomic E-state index is 6.22. The second-order valence-corrected chi connectivity index (χ2v) is 6.85. The van der Waals surface area contributed by atoms with Crippen LogP contribution >= 0.6 is 22.9 Å². The maximum Gasteiger partial charge on any atom is 0.118 e. The Balaban J connectivity index is 2.15. The minimum absolute atomic E-state index is 0.314. The standard InChI is InChI=1S/C17H22ClNOS/c1-4-9-19-15(16-10-12(2)17(18)21-16)11-13-5-7-14(20-3)8-6-13/h5-8,10,15,19H,4,9,11H2,1-3H3. The smallest absolute Gasteiger partial charge is 0.118 e. The summed E-state index contributed by atoms with van der Waals surface area (Å²) in [6, 6.07) is 10.8. The number of benzene rings is 1. The summed E-state index contributed by atoms with van der Waals surface area (Å²) in [7, 11) is 1.69. The van der Waals surface area contributed by atoms with Gasteiger partial charge in [0.2, 0.25) is 0 Å². The van der Waals surface area contributed by atoms with Gasteiger partial charge in [0.25, 0.3) is 0 Å². The Kier molecular flexibility index (Phi) is 6.09. The third kappa shape index (κ3) is 4.47. The highest BCUT2D eigenvalue weighted by molar-refractivity contribution is 7.16. The predicted molar refractivity (Wildman–Crippen MR) is 91.8 cm³/mol. The summed E-state index contributed by atoms with van der Waals surface area (Å²) in [6.07, 6.45) is 2.08. The summed E-state index contributed by atoms with van der Waals surface area (Å²) in [6.45, 7) is 5.26. The summed E-state index contributed by atoms with van der Waals surface area (Å²) in [5.41, 5.74) is 2.46. The predicted octanol–water partition coefficient (Wildman–Crippen LogP) is 5.00. The van der Waals surface area contributed by atoms with Crippen LogP contribution in [-0.2, 0) is 6.42 Å². The normalized spacial score (nSPS) is 12.4. The van der Waals surface area contributed by atoms with Crippen molar-refractivity contribution in [2.45, 2.75) is 32.7 Å². The molecule has 0 fully saturated rings. The zero-order valence-corrected chi connectivity index (χ0v) is 14.4. The molecule has 2 aromatic rings. The van der Waals surface area contributed by atoms with Crippen molar-refractivity contribution in [2.75, 3.05) is 13.7 Å². The van der Waals surface area contributed by atoms with E-state index >= 15 is 0 Å². The second-order valence-electron chi connectivity index (χ2n) is 5.16. The largest absolute Gasteiger partial charge is 0.497 e. The fourth-order valence-electron chi connectivity index (χ4n) is 2.24. The van der Waals surface area contributed by atoms with E-state index in [1.165, 1.54) is 10.4 Å². The molecule has 1 heterocycles. The Labute approximate surface area is 136 Å². The summed E-state index contributed by atoms with van der Waals surface area (Å²) in [4.78, 5) is 1.31. The quantitative estimate of drug-likeness (QED) is 0.774. The number of nitrogens with one attached hydrogen (secondary N) is 1. The molecule has 1 aromatic carbocycles. The Hall–Kier alpha value is -1.03. The van der Waals surface area contributed by atoms with Crippen molar-refractivity contribution in [3.63, 3.8) is 0 Å². The Morgan fingerprint density at radius 2 is 2.00 bits per heavy atom. The fraction of sp³-hybridized carbons (Fsp3) is 0.412. The maximum atomic E-state index is 6.22. The van der Waals surface area contributed by atoms with Gasteiger partial charge in [0.05, 0.1) is 11.4 Å². The van der Waals surface area contributed by atoms with Crippen LogP contribution in [0, 0.1) is 6.92 Å². The van der Waals surface area contributed by atoms with Crippen LogP contribution < -0.4 is 10.1 Å². The van der Waals surface area contributed by atoms with Gasteiger partial charge in [-0.05, 0) is 55.6 Å². The van der Waals surface area contributed by atoms with Crippen LogP contribution in [0.25, 0.3) is 0 Å². The summed E-state index contributed by atoms with van der Waals surface area (Å²) >= 11 is 7.90. The number of aryl methyl sites for hydroxylation is 1. The molecule has 0 spiro atoms. The van der Waals surface area contributed by atoms with Crippen molar-refractivity contribution in [2.24, 2.45) is 0 Å². The minimum Gasteiger partial charge on any atom is -0.497 e. The van der Waals surface area contributed by atoms with E-state index in [1.54, 1.807) is 18.4 Å². The van der Waals surface area contributed by atoms with Gasteiger partial charge in [-0.1, -0.05) is 30.7 Å². The van der Waals surface area contributed by atoms with Gasteiger partial charge in [0, 0.05) is 10.9 Å². The van der Waals surface area contributed by atoms with Crippen LogP contribution in [0.3, 0.4) is 0 Å². The van der Waals surface area contributed by atoms with E-state index in [-0.39, 0.29) is 0 Å². The Bertz CT molecular complexity index is 545. The van der Waals surface area contributed by atoms with Crippen molar-refractivity contribution in [3.05, 3.63) is 50.7 Å². The average molecular weight is 324 g/mol. The van der Waals surface area contributed by atoms with E-state index in [0.29, 0.717) is 6.04 Å². The molecule has 21 heavy (non-hydrogen) atoms. The van der Waals surface area contributed by atoms with Crippen LogP contribution in [-0.4, -0.2) is 13.7 Å². The topological polar surface area (TPSA) is 21.3 Å². The Morgan fingerprint density at radius 1 is 1.29 bits per heavy atom. The third-order valence-corrected chi connectivity index (χ3v) is 5.13. The molecule has 1 unspecified atom stereocenters. The van der Waals surface area contributed by atoms with Crippen LogP contribution in [0.1, 0.15) is 35.4 Å².